The summed E-state index contributed by atoms with van der Waals surface area (Å²) in [6.45, 7) is -0.297. The molecule has 1 aromatic heterocycles. The van der Waals surface area contributed by atoms with Crippen LogP contribution in [0.1, 0.15) is 16.1 Å². The molecular formula is C12H8F2O4. The summed E-state index contributed by atoms with van der Waals surface area (Å²) in [5.74, 6) is -2.83. The van der Waals surface area contributed by atoms with E-state index >= 15 is 0 Å². The molecule has 0 saturated carbocycles. The Kier molecular flexibility index (Phi) is 3.27. The van der Waals surface area contributed by atoms with Crippen LogP contribution in [0.4, 0.5) is 8.78 Å². The third-order valence-electron chi connectivity index (χ3n) is 2.23. The number of rotatable bonds is 4. The molecule has 0 atom stereocenters. The minimum atomic E-state index is -1.18. The number of carboxylic acids is 1. The lowest BCUT2D eigenvalue weighted by molar-refractivity contribution is 0.0691. The number of halogens is 2. The Hall–Kier alpha value is -2.37. The highest BCUT2D eigenvalue weighted by molar-refractivity contribution is 5.88. The maximum absolute atomic E-state index is 13.2. The number of furan rings is 1. The van der Waals surface area contributed by atoms with Crippen molar-refractivity contribution in [2.75, 3.05) is 0 Å². The molecule has 4 nitrogen and oxygen atoms in total. The van der Waals surface area contributed by atoms with E-state index in [-0.39, 0.29) is 23.7 Å². The van der Waals surface area contributed by atoms with Crippen molar-refractivity contribution >= 4 is 5.97 Å². The van der Waals surface area contributed by atoms with Crippen LogP contribution >= 0.6 is 0 Å². The van der Waals surface area contributed by atoms with Gasteiger partial charge in [0.1, 0.15) is 18.0 Å². The second kappa shape index (κ2) is 4.87. The molecule has 1 aromatic carbocycles. The fourth-order valence-electron chi connectivity index (χ4n) is 1.37. The quantitative estimate of drug-likeness (QED) is 0.911. The van der Waals surface area contributed by atoms with Gasteiger partial charge in [-0.3, -0.25) is 0 Å². The third kappa shape index (κ3) is 2.48. The number of hydrogen-bond donors (Lipinski definition) is 1. The molecule has 0 amide bonds. The summed E-state index contributed by atoms with van der Waals surface area (Å²) >= 11 is 0. The molecule has 0 spiro atoms. The normalized spacial score (nSPS) is 10.3. The Morgan fingerprint density at radius 3 is 2.83 bits per heavy atom. The first-order chi connectivity index (χ1) is 8.58. The first kappa shape index (κ1) is 12.1. The summed E-state index contributed by atoms with van der Waals surface area (Å²) < 4.78 is 36.0. The second-order valence-corrected chi connectivity index (χ2v) is 3.43. The van der Waals surface area contributed by atoms with Crippen molar-refractivity contribution in [1.29, 1.82) is 0 Å². The van der Waals surface area contributed by atoms with Crippen molar-refractivity contribution in [1.82, 2.24) is 0 Å². The molecular weight excluding hydrogens is 246 g/mol. The Labute approximate surface area is 100 Å². The monoisotopic (exact) mass is 254 g/mol. The van der Waals surface area contributed by atoms with E-state index in [1.807, 2.05) is 0 Å². The summed E-state index contributed by atoms with van der Waals surface area (Å²) in [6.07, 6.45) is 1.18. The zero-order valence-electron chi connectivity index (χ0n) is 9.02. The summed E-state index contributed by atoms with van der Waals surface area (Å²) in [5, 5.41) is 8.80. The molecule has 1 N–H and O–H groups in total. The van der Waals surface area contributed by atoms with Gasteiger partial charge in [-0.15, -0.1) is 0 Å². The fourth-order valence-corrected chi connectivity index (χ4v) is 1.37. The predicted molar refractivity (Wildman–Crippen MR) is 56.4 cm³/mol. The molecule has 0 aliphatic carbocycles. The van der Waals surface area contributed by atoms with E-state index in [0.29, 0.717) is 0 Å². The maximum atomic E-state index is 13.2. The van der Waals surface area contributed by atoms with Gasteiger partial charge in [-0.25, -0.2) is 13.6 Å². The summed E-state index contributed by atoms with van der Waals surface area (Å²) in [7, 11) is 0. The van der Waals surface area contributed by atoms with Crippen LogP contribution in [0.5, 0.6) is 5.75 Å². The smallest absolute Gasteiger partial charge is 0.339 e. The first-order valence-corrected chi connectivity index (χ1v) is 4.95. The number of hydrogen-bond acceptors (Lipinski definition) is 3. The molecule has 2 aromatic rings. The van der Waals surface area contributed by atoms with Crippen LogP contribution < -0.4 is 4.74 Å². The van der Waals surface area contributed by atoms with E-state index in [4.69, 9.17) is 14.3 Å². The SMILES string of the molecule is O=C(O)c1ccoc1COc1cc(F)ccc1F. The van der Waals surface area contributed by atoms with Crippen LogP contribution in [0, 0.1) is 11.6 Å². The number of ether oxygens (including phenoxy) is 1. The first-order valence-electron chi connectivity index (χ1n) is 4.95. The number of benzene rings is 1. The third-order valence-corrected chi connectivity index (χ3v) is 2.23. The molecule has 2 rings (SSSR count). The summed E-state index contributed by atoms with van der Waals surface area (Å²) in [4.78, 5) is 10.8. The molecule has 0 unspecified atom stereocenters. The van der Waals surface area contributed by atoms with Crippen molar-refractivity contribution in [2.24, 2.45) is 0 Å². The number of carboxylic acid groups (broad SMARTS) is 1. The lowest BCUT2D eigenvalue weighted by atomic mass is 10.2. The number of aromatic carboxylic acids is 1. The van der Waals surface area contributed by atoms with E-state index in [1.165, 1.54) is 12.3 Å². The molecule has 0 radical (unpaired) electrons. The van der Waals surface area contributed by atoms with Gasteiger partial charge in [0.05, 0.1) is 6.26 Å². The molecule has 0 aliphatic rings. The summed E-state index contributed by atoms with van der Waals surface area (Å²) in [5.41, 5.74) is -0.0770. The predicted octanol–water partition coefficient (Wildman–Crippen LogP) is 2.84. The van der Waals surface area contributed by atoms with Crippen molar-refractivity contribution in [3.05, 3.63) is 53.5 Å². The minimum absolute atomic E-state index is 0.0335. The zero-order valence-corrected chi connectivity index (χ0v) is 9.02. The molecule has 6 heteroatoms. The lowest BCUT2D eigenvalue weighted by Gasteiger charge is -2.06. The van der Waals surface area contributed by atoms with Crippen LogP contribution in [0.15, 0.2) is 34.9 Å². The van der Waals surface area contributed by atoms with Crippen molar-refractivity contribution in [3.63, 3.8) is 0 Å². The van der Waals surface area contributed by atoms with Crippen LogP contribution in [0.2, 0.25) is 0 Å². The van der Waals surface area contributed by atoms with Gasteiger partial charge < -0.3 is 14.3 Å². The Morgan fingerprint density at radius 2 is 2.11 bits per heavy atom. The zero-order chi connectivity index (χ0) is 13.1. The van der Waals surface area contributed by atoms with Crippen LogP contribution in [0.25, 0.3) is 0 Å². The average Bonchev–Trinajstić information content (AvgIpc) is 2.79. The van der Waals surface area contributed by atoms with Crippen LogP contribution in [0.3, 0.4) is 0 Å². The van der Waals surface area contributed by atoms with E-state index < -0.39 is 17.6 Å². The minimum Gasteiger partial charge on any atom is -0.482 e. The van der Waals surface area contributed by atoms with E-state index in [2.05, 4.69) is 0 Å². The van der Waals surface area contributed by atoms with E-state index in [0.717, 1.165) is 18.2 Å². The average molecular weight is 254 g/mol. The lowest BCUT2D eigenvalue weighted by Crippen LogP contribution is -2.03. The van der Waals surface area contributed by atoms with Gasteiger partial charge in [-0.1, -0.05) is 0 Å². The molecule has 0 saturated heterocycles. The van der Waals surface area contributed by atoms with Gasteiger partial charge in [0.2, 0.25) is 0 Å². The molecule has 1 heterocycles. The van der Waals surface area contributed by atoms with Gasteiger partial charge in [0.15, 0.2) is 17.3 Å². The Bertz CT molecular complexity index is 577. The molecule has 94 valence electrons. The van der Waals surface area contributed by atoms with Crippen LogP contribution in [-0.4, -0.2) is 11.1 Å². The van der Waals surface area contributed by atoms with E-state index in [9.17, 15) is 13.6 Å². The number of carbonyl (C=O) groups is 1. The van der Waals surface area contributed by atoms with Gasteiger partial charge >= 0.3 is 5.97 Å². The standard InChI is InChI=1S/C12H8F2O4/c13-7-1-2-9(14)10(5-7)18-6-11-8(12(15)16)3-4-17-11/h1-5H,6H2,(H,15,16). The topological polar surface area (TPSA) is 59.7 Å². The largest absolute Gasteiger partial charge is 0.482 e. The maximum Gasteiger partial charge on any atom is 0.339 e. The second-order valence-electron chi connectivity index (χ2n) is 3.43. The molecule has 18 heavy (non-hydrogen) atoms. The molecule has 0 fully saturated rings. The Morgan fingerprint density at radius 1 is 1.33 bits per heavy atom. The molecule has 0 aliphatic heterocycles. The van der Waals surface area contributed by atoms with Crippen LogP contribution in [-0.2, 0) is 6.61 Å². The van der Waals surface area contributed by atoms with E-state index in [1.54, 1.807) is 0 Å². The van der Waals surface area contributed by atoms with Gasteiger partial charge in [0, 0.05) is 6.07 Å². The van der Waals surface area contributed by atoms with Gasteiger partial charge in [-0.2, -0.15) is 0 Å². The fraction of sp³-hybridized carbons (Fsp3) is 0.0833. The highest BCUT2D eigenvalue weighted by Crippen LogP contribution is 2.20. The highest BCUT2D eigenvalue weighted by atomic mass is 19.1. The van der Waals surface area contributed by atoms with Crippen molar-refractivity contribution in [3.8, 4) is 5.75 Å². The highest BCUT2D eigenvalue weighted by Gasteiger charge is 2.14. The van der Waals surface area contributed by atoms with Crippen molar-refractivity contribution < 1.29 is 27.8 Å². The van der Waals surface area contributed by atoms with Gasteiger partial charge in [-0.05, 0) is 18.2 Å². The van der Waals surface area contributed by atoms with Crippen molar-refractivity contribution in [2.45, 2.75) is 6.61 Å². The summed E-state index contributed by atoms with van der Waals surface area (Å²) in [6, 6.07) is 4.00. The van der Waals surface area contributed by atoms with Gasteiger partial charge in [0.25, 0.3) is 0 Å². The Balaban J connectivity index is 2.14. The molecule has 0 bridgehead atoms.